The van der Waals surface area contributed by atoms with E-state index in [0.717, 1.165) is 23.1 Å². The second-order valence-electron chi connectivity index (χ2n) is 4.31. The smallest absolute Gasteiger partial charge is 0.0348 e. The van der Waals surface area contributed by atoms with Gasteiger partial charge in [0.15, 0.2) is 0 Å². The van der Waals surface area contributed by atoms with Gasteiger partial charge in [0.25, 0.3) is 0 Å². The summed E-state index contributed by atoms with van der Waals surface area (Å²) in [7, 11) is 0. The van der Waals surface area contributed by atoms with Gasteiger partial charge in [0.1, 0.15) is 0 Å². The van der Waals surface area contributed by atoms with Gasteiger partial charge in [-0.15, -0.1) is 0 Å². The third-order valence-electron chi connectivity index (χ3n) is 3.15. The summed E-state index contributed by atoms with van der Waals surface area (Å²) in [5.41, 5.74) is 10.8. The first kappa shape index (κ1) is 10.1. The SMILES string of the molecule is NC1Cc2ccccc2C#Cc2ccccc21. The highest BCUT2D eigenvalue weighted by atomic mass is 14.6. The van der Waals surface area contributed by atoms with E-state index in [-0.39, 0.29) is 6.04 Å². The molecule has 3 rings (SSSR count). The molecule has 0 aromatic heterocycles. The molecule has 0 spiro atoms. The van der Waals surface area contributed by atoms with Crippen LogP contribution in [0.2, 0.25) is 0 Å². The molecule has 0 aliphatic heterocycles. The third kappa shape index (κ3) is 1.84. The van der Waals surface area contributed by atoms with Crippen LogP contribution >= 0.6 is 0 Å². The van der Waals surface area contributed by atoms with Crippen molar-refractivity contribution in [3.05, 3.63) is 70.8 Å². The zero-order valence-corrected chi connectivity index (χ0v) is 9.48. The summed E-state index contributed by atoms with van der Waals surface area (Å²) in [6.07, 6.45) is 0.849. The second kappa shape index (κ2) is 4.08. The first-order valence-electron chi connectivity index (χ1n) is 5.79. The van der Waals surface area contributed by atoms with E-state index in [4.69, 9.17) is 5.73 Å². The van der Waals surface area contributed by atoms with Crippen LogP contribution in [0.15, 0.2) is 48.5 Å². The maximum atomic E-state index is 6.26. The molecule has 0 saturated carbocycles. The van der Waals surface area contributed by atoms with E-state index >= 15 is 0 Å². The zero-order chi connectivity index (χ0) is 11.7. The summed E-state index contributed by atoms with van der Waals surface area (Å²) >= 11 is 0. The van der Waals surface area contributed by atoms with Crippen molar-refractivity contribution in [1.29, 1.82) is 0 Å². The summed E-state index contributed by atoms with van der Waals surface area (Å²) in [4.78, 5) is 0. The Morgan fingerprint density at radius 2 is 1.53 bits per heavy atom. The molecule has 0 saturated heterocycles. The molecule has 2 aromatic rings. The average molecular weight is 219 g/mol. The molecule has 1 aliphatic rings. The Bertz CT molecular complexity index is 617. The lowest BCUT2D eigenvalue weighted by Gasteiger charge is -2.17. The minimum atomic E-state index is 0.0296. The normalized spacial score (nSPS) is 16.9. The molecular weight excluding hydrogens is 206 g/mol. The van der Waals surface area contributed by atoms with E-state index in [0.29, 0.717) is 0 Å². The van der Waals surface area contributed by atoms with Crippen LogP contribution < -0.4 is 5.73 Å². The average Bonchev–Trinajstić information content (AvgIpc) is 2.36. The highest BCUT2D eigenvalue weighted by Gasteiger charge is 2.13. The number of hydrogen-bond acceptors (Lipinski definition) is 1. The lowest BCUT2D eigenvalue weighted by molar-refractivity contribution is 0.718. The molecule has 0 amide bonds. The summed E-state index contributed by atoms with van der Waals surface area (Å²) in [5, 5.41) is 0. The summed E-state index contributed by atoms with van der Waals surface area (Å²) in [6, 6.07) is 16.4. The van der Waals surface area contributed by atoms with Crippen LogP contribution in [0.3, 0.4) is 0 Å². The van der Waals surface area contributed by atoms with Crippen molar-refractivity contribution in [3.63, 3.8) is 0 Å². The highest BCUT2D eigenvalue weighted by Crippen LogP contribution is 2.23. The molecule has 1 heteroatoms. The second-order valence-corrected chi connectivity index (χ2v) is 4.31. The van der Waals surface area contributed by atoms with Gasteiger partial charge < -0.3 is 5.73 Å². The van der Waals surface area contributed by atoms with Crippen molar-refractivity contribution >= 4 is 0 Å². The van der Waals surface area contributed by atoms with Crippen molar-refractivity contribution < 1.29 is 0 Å². The van der Waals surface area contributed by atoms with Gasteiger partial charge in [-0.2, -0.15) is 0 Å². The van der Waals surface area contributed by atoms with Crippen molar-refractivity contribution in [2.45, 2.75) is 12.5 Å². The predicted octanol–water partition coefficient (Wildman–Crippen LogP) is 2.64. The van der Waals surface area contributed by atoms with Gasteiger partial charge in [-0.3, -0.25) is 0 Å². The Hall–Kier alpha value is -2.04. The van der Waals surface area contributed by atoms with Gasteiger partial charge in [0, 0.05) is 17.2 Å². The van der Waals surface area contributed by atoms with E-state index in [9.17, 15) is 0 Å². The van der Waals surface area contributed by atoms with E-state index in [1.54, 1.807) is 0 Å². The fourth-order valence-electron chi connectivity index (χ4n) is 2.24. The minimum absolute atomic E-state index is 0.0296. The van der Waals surface area contributed by atoms with Crippen LogP contribution in [0, 0.1) is 11.8 Å². The Morgan fingerprint density at radius 3 is 2.41 bits per heavy atom. The molecule has 0 bridgehead atoms. The Balaban J connectivity index is 2.20. The Morgan fingerprint density at radius 1 is 0.882 bits per heavy atom. The van der Waals surface area contributed by atoms with Gasteiger partial charge in [0.2, 0.25) is 0 Å². The van der Waals surface area contributed by atoms with Crippen molar-refractivity contribution in [2.24, 2.45) is 5.73 Å². The summed E-state index contributed by atoms with van der Waals surface area (Å²) in [5.74, 6) is 6.46. The summed E-state index contributed by atoms with van der Waals surface area (Å²) < 4.78 is 0. The monoisotopic (exact) mass is 219 g/mol. The van der Waals surface area contributed by atoms with E-state index in [2.05, 4.69) is 30.0 Å². The van der Waals surface area contributed by atoms with Crippen LogP contribution in [0.1, 0.15) is 28.3 Å². The number of nitrogens with two attached hydrogens (primary N) is 1. The molecule has 17 heavy (non-hydrogen) atoms. The van der Waals surface area contributed by atoms with Crippen LogP contribution in [-0.4, -0.2) is 0 Å². The van der Waals surface area contributed by atoms with Crippen molar-refractivity contribution in [1.82, 2.24) is 0 Å². The molecule has 0 heterocycles. The lowest BCUT2D eigenvalue weighted by Crippen LogP contribution is -2.16. The lowest BCUT2D eigenvalue weighted by atomic mass is 9.91. The van der Waals surface area contributed by atoms with Crippen LogP contribution in [0.25, 0.3) is 0 Å². The Labute approximate surface area is 101 Å². The molecule has 1 nitrogen and oxygen atoms in total. The molecular formula is C16H13N. The van der Waals surface area contributed by atoms with E-state index in [1.165, 1.54) is 5.56 Å². The first-order chi connectivity index (χ1) is 8.34. The van der Waals surface area contributed by atoms with Gasteiger partial charge >= 0.3 is 0 Å². The molecule has 0 radical (unpaired) electrons. The molecule has 82 valence electrons. The van der Waals surface area contributed by atoms with E-state index in [1.807, 2.05) is 30.3 Å². The summed E-state index contributed by atoms with van der Waals surface area (Å²) in [6.45, 7) is 0. The Kier molecular flexibility index (Phi) is 2.44. The minimum Gasteiger partial charge on any atom is -0.324 e. The molecule has 1 atom stereocenters. The maximum absolute atomic E-state index is 6.26. The highest BCUT2D eigenvalue weighted by molar-refractivity contribution is 5.52. The fourth-order valence-corrected chi connectivity index (χ4v) is 2.24. The van der Waals surface area contributed by atoms with Crippen LogP contribution in [-0.2, 0) is 6.42 Å². The maximum Gasteiger partial charge on any atom is 0.0348 e. The van der Waals surface area contributed by atoms with E-state index < -0.39 is 0 Å². The molecule has 2 N–H and O–H groups in total. The number of fused-ring (bicyclic) bond motifs is 2. The van der Waals surface area contributed by atoms with Crippen LogP contribution in [0.5, 0.6) is 0 Å². The first-order valence-corrected chi connectivity index (χ1v) is 5.79. The van der Waals surface area contributed by atoms with Gasteiger partial charge in [-0.25, -0.2) is 0 Å². The third-order valence-corrected chi connectivity index (χ3v) is 3.15. The topological polar surface area (TPSA) is 26.0 Å². The predicted molar refractivity (Wildman–Crippen MR) is 69.5 cm³/mol. The van der Waals surface area contributed by atoms with Crippen molar-refractivity contribution in [2.75, 3.05) is 0 Å². The van der Waals surface area contributed by atoms with Crippen LogP contribution in [0.4, 0.5) is 0 Å². The molecule has 2 aromatic carbocycles. The quantitative estimate of drug-likeness (QED) is 0.677. The van der Waals surface area contributed by atoms with Gasteiger partial charge in [-0.05, 0) is 29.7 Å². The number of benzene rings is 2. The zero-order valence-electron chi connectivity index (χ0n) is 9.48. The molecule has 0 fully saturated rings. The largest absolute Gasteiger partial charge is 0.324 e. The standard InChI is InChI=1S/C16H13N/c17-16-11-14-7-2-1-5-12(14)9-10-13-6-3-4-8-15(13)16/h1-8,16H,11,17H2. The van der Waals surface area contributed by atoms with Gasteiger partial charge in [-0.1, -0.05) is 48.2 Å². The van der Waals surface area contributed by atoms with Crippen molar-refractivity contribution in [3.8, 4) is 11.8 Å². The molecule has 1 unspecified atom stereocenters. The molecule has 1 aliphatic carbocycles. The number of rotatable bonds is 0. The van der Waals surface area contributed by atoms with Gasteiger partial charge in [0.05, 0.1) is 0 Å². The number of hydrogen-bond donors (Lipinski definition) is 1. The fraction of sp³-hybridized carbons (Fsp3) is 0.125.